The number of carbonyl (C=O) groups is 3. The molecule has 2 aromatic rings. The van der Waals surface area contributed by atoms with E-state index < -0.39 is 41.8 Å². The molecule has 0 spiro atoms. The van der Waals surface area contributed by atoms with Crippen LogP contribution in [0.15, 0.2) is 48.5 Å². The van der Waals surface area contributed by atoms with Crippen molar-refractivity contribution in [3.8, 4) is 11.1 Å². The van der Waals surface area contributed by atoms with Gasteiger partial charge in [0.25, 0.3) is 23.6 Å². The quantitative estimate of drug-likeness (QED) is 0.492. The van der Waals surface area contributed by atoms with Gasteiger partial charge in [-0.15, -0.1) is 0 Å². The lowest BCUT2D eigenvalue weighted by atomic mass is 9.92. The minimum absolute atomic E-state index is 0.221. The van der Waals surface area contributed by atoms with Gasteiger partial charge in [0.1, 0.15) is 6.04 Å². The van der Waals surface area contributed by atoms with E-state index in [1.54, 1.807) is 43.3 Å². The van der Waals surface area contributed by atoms with Gasteiger partial charge in [-0.3, -0.25) is 14.4 Å². The Labute approximate surface area is 184 Å². The van der Waals surface area contributed by atoms with Gasteiger partial charge in [0, 0.05) is 18.2 Å². The number of aliphatic hydroxyl groups is 1. The summed E-state index contributed by atoms with van der Waals surface area (Å²) in [6.45, 7) is 1.20. The number of carbonyl (C=O) groups excluding carboxylic acids is 3. The molecule has 2 atom stereocenters. The minimum atomic E-state index is -3.22. The molecule has 3 rings (SSSR count). The minimum Gasteiger partial charge on any atom is -0.372 e. The highest BCUT2D eigenvalue weighted by molar-refractivity contribution is 6.11. The second kappa shape index (κ2) is 9.04. The zero-order valence-corrected chi connectivity index (χ0v) is 17.7. The number of benzene rings is 2. The molecule has 0 fully saturated rings. The Hall–Kier alpha value is -3.33. The second-order valence-electron chi connectivity index (χ2n) is 7.89. The summed E-state index contributed by atoms with van der Waals surface area (Å²) in [5.41, 5.74) is -0.147. The maximum absolute atomic E-state index is 13.2. The summed E-state index contributed by atoms with van der Waals surface area (Å²) in [7, 11) is 0. The van der Waals surface area contributed by atoms with Crippen molar-refractivity contribution in [1.82, 2.24) is 10.6 Å². The van der Waals surface area contributed by atoms with E-state index in [0.29, 0.717) is 23.7 Å². The molecule has 0 saturated carbocycles. The third-order valence-corrected chi connectivity index (χ3v) is 5.21. The molecule has 0 radical (unpaired) electrons. The Morgan fingerprint density at radius 1 is 1.06 bits per heavy atom. The fourth-order valence-corrected chi connectivity index (χ4v) is 3.63. The van der Waals surface area contributed by atoms with Crippen molar-refractivity contribution in [2.45, 2.75) is 44.3 Å². The monoisotopic (exact) mass is 445 g/mol. The van der Waals surface area contributed by atoms with E-state index in [-0.39, 0.29) is 12.8 Å². The maximum atomic E-state index is 13.2. The van der Waals surface area contributed by atoms with Gasteiger partial charge in [0.05, 0.1) is 6.54 Å². The summed E-state index contributed by atoms with van der Waals surface area (Å²) < 4.78 is 26.3. The molecule has 170 valence electrons. The molecule has 3 amide bonds. The van der Waals surface area contributed by atoms with E-state index in [1.165, 1.54) is 0 Å². The van der Waals surface area contributed by atoms with Gasteiger partial charge in [-0.05, 0) is 23.6 Å². The van der Waals surface area contributed by atoms with Crippen molar-refractivity contribution in [2.24, 2.45) is 0 Å². The lowest BCUT2D eigenvalue weighted by Gasteiger charge is -2.28. The van der Waals surface area contributed by atoms with Gasteiger partial charge in [0.15, 0.2) is 0 Å². The number of fused-ring (bicyclic) bond motifs is 3. The van der Waals surface area contributed by atoms with Gasteiger partial charge >= 0.3 is 0 Å². The first-order chi connectivity index (χ1) is 15.1. The smallest absolute Gasteiger partial charge is 0.262 e. The first-order valence-electron chi connectivity index (χ1n) is 10.3. The molecular formula is C23H25F2N3O4. The van der Waals surface area contributed by atoms with Crippen LogP contribution in [-0.2, 0) is 14.4 Å². The van der Waals surface area contributed by atoms with Crippen molar-refractivity contribution < 1.29 is 28.3 Å². The first-order valence-corrected chi connectivity index (χ1v) is 10.3. The Morgan fingerprint density at radius 2 is 1.69 bits per heavy atom. The Balaban J connectivity index is 1.93. The predicted molar refractivity (Wildman–Crippen MR) is 115 cm³/mol. The highest BCUT2D eigenvalue weighted by Crippen LogP contribution is 2.37. The predicted octanol–water partition coefficient (Wildman–Crippen LogP) is 2.77. The second-order valence-corrected chi connectivity index (χ2v) is 7.89. The van der Waals surface area contributed by atoms with Gasteiger partial charge in [-0.25, -0.2) is 8.78 Å². The Kier molecular flexibility index (Phi) is 6.59. The molecule has 2 unspecified atom stereocenters. The third kappa shape index (κ3) is 4.77. The zero-order valence-electron chi connectivity index (χ0n) is 17.7. The molecule has 9 heteroatoms. The molecule has 0 aromatic heterocycles. The SMILES string of the molecule is CCCC(O)(C(=O)NCC(C)(F)F)C(=O)NC1C(=O)Nc2ccccc2-c2ccccc21. The van der Waals surface area contributed by atoms with E-state index in [0.717, 1.165) is 5.56 Å². The zero-order chi connectivity index (χ0) is 23.5. The number of para-hydroxylation sites is 1. The highest BCUT2D eigenvalue weighted by Gasteiger charge is 2.45. The standard InChI is InChI=1S/C23H25F2N3O4/c1-3-12-23(32,20(30)26-13-22(2,24)25)21(31)28-18-16-10-5-4-8-14(16)15-9-6-7-11-17(15)27-19(18)29/h4-11,18,32H,3,12-13H2,1-2H3,(H,26,30)(H,27,29)(H,28,31). The highest BCUT2D eigenvalue weighted by atomic mass is 19.3. The van der Waals surface area contributed by atoms with Crippen LogP contribution in [0.5, 0.6) is 0 Å². The largest absolute Gasteiger partial charge is 0.372 e. The van der Waals surface area contributed by atoms with Crippen molar-refractivity contribution >= 4 is 23.4 Å². The fraction of sp³-hybridized carbons (Fsp3) is 0.348. The number of halogens is 2. The summed E-state index contributed by atoms with van der Waals surface area (Å²) in [6, 6.07) is 12.9. The summed E-state index contributed by atoms with van der Waals surface area (Å²) in [5.74, 6) is -6.17. The van der Waals surface area contributed by atoms with Crippen molar-refractivity contribution in [3.63, 3.8) is 0 Å². The molecule has 7 nitrogen and oxygen atoms in total. The normalized spacial score (nSPS) is 17.2. The van der Waals surface area contributed by atoms with Crippen LogP contribution in [0.25, 0.3) is 11.1 Å². The average molecular weight is 445 g/mol. The number of hydrogen-bond acceptors (Lipinski definition) is 4. The summed E-state index contributed by atoms with van der Waals surface area (Å²) in [6.07, 6.45) is -0.0884. The van der Waals surface area contributed by atoms with Crippen LogP contribution in [0.1, 0.15) is 38.3 Å². The van der Waals surface area contributed by atoms with Crippen LogP contribution in [0, 0.1) is 0 Å². The Morgan fingerprint density at radius 3 is 2.34 bits per heavy atom. The van der Waals surface area contributed by atoms with Gasteiger partial charge < -0.3 is 21.1 Å². The molecule has 1 aliphatic rings. The molecule has 1 aliphatic heterocycles. The number of hydrogen-bond donors (Lipinski definition) is 4. The lowest BCUT2D eigenvalue weighted by molar-refractivity contribution is -0.156. The van der Waals surface area contributed by atoms with Crippen LogP contribution in [-0.4, -0.2) is 40.9 Å². The summed E-state index contributed by atoms with van der Waals surface area (Å²) >= 11 is 0. The van der Waals surface area contributed by atoms with Crippen LogP contribution in [0.4, 0.5) is 14.5 Å². The van der Waals surface area contributed by atoms with Crippen LogP contribution >= 0.6 is 0 Å². The molecule has 0 bridgehead atoms. The third-order valence-electron chi connectivity index (χ3n) is 5.21. The molecule has 0 saturated heterocycles. The molecule has 0 aliphatic carbocycles. The van der Waals surface area contributed by atoms with Gasteiger partial charge in [-0.2, -0.15) is 0 Å². The number of alkyl halides is 2. The number of rotatable bonds is 7. The van der Waals surface area contributed by atoms with Crippen molar-refractivity contribution in [2.75, 3.05) is 11.9 Å². The van der Waals surface area contributed by atoms with Gasteiger partial charge in [0.2, 0.25) is 5.60 Å². The number of nitrogens with one attached hydrogen (secondary N) is 3. The van der Waals surface area contributed by atoms with Crippen molar-refractivity contribution in [3.05, 3.63) is 54.1 Å². The number of amides is 3. The van der Waals surface area contributed by atoms with E-state index in [9.17, 15) is 28.3 Å². The number of anilines is 1. The van der Waals surface area contributed by atoms with Crippen LogP contribution in [0.2, 0.25) is 0 Å². The average Bonchev–Trinajstić information content (AvgIpc) is 2.86. The van der Waals surface area contributed by atoms with E-state index in [2.05, 4.69) is 10.6 Å². The van der Waals surface area contributed by atoms with Crippen LogP contribution in [0.3, 0.4) is 0 Å². The maximum Gasteiger partial charge on any atom is 0.262 e. The molecular weight excluding hydrogens is 420 g/mol. The topological polar surface area (TPSA) is 108 Å². The fourth-order valence-electron chi connectivity index (χ4n) is 3.63. The molecule has 4 N–H and O–H groups in total. The Bertz CT molecular complexity index is 1040. The van der Waals surface area contributed by atoms with Crippen molar-refractivity contribution in [1.29, 1.82) is 0 Å². The summed E-state index contributed by atoms with van der Waals surface area (Å²) in [5, 5.41) is 18.0. The summed E-state index contributed by atoms with van der Waals surface area (Å²) in [4.78, 5) is 38.5. The van der Waals surface area contributed by atoms with E-state index in [1.807, 2.05) is 17.4 Å². The molecule has 1 heterocycles. The van der Waals surface area contributed by atoms with Crippen LogP contribution < -0.4 is 16.0 Å². The lowest BCUT2D eigenvalue weighted by Crippen LogP contribution is -2.59. The van der Waals surface area contributed by atoms with E-state index in [4.69, 9.17) is 0 Å². The first kappa shape index (κ1) is 23.3. The van der Waals surface area contributed by atoms with E-state index >= 15 is 0 Å². The molecule has 32 heavy (non-hydrogen) atoms. The van der Waals surface area contributed by atoms with Gasteiger partial charge in [-0.1, -0.05) is 55.8 Å². The molecule has 2 aromatic carbocycles.